The van der Waals surface area contributed by atoms with Crippen LogP contribution in [0.2, 0.25) is 0 Å². The van der Waals surface area contributed by atoms with Crippen molar-refractivity contribution in [2.75, 3.05) is 0 Å². The molecule has 2 aromatic rings. The maximum absolute atomic E-state index is 3.50. The second-order valence-corrected chi connectivity index (χ2v) is 6.92. The van der Waals surface area contributed by atoms with Crippen LogP contribution in [0.25, 0.3) is 0 Å². The van der Waals surface area contributed by atoms with Crippen molar-refractivity contribution in [1.29, 1.82) is 0 Å². The molecular weight excluding hydrogens is 296 g/mol. The van der Waals surface area contributed by atoms with Crippen LogP contribution >= 0.6 is 27.3 Å². The summed E-state index contributed by atoms with van der Waals surface area (Å²) >= 11 is 5.30. The highest BCUT2D eigenvalue weighted by atomic mass is 79.9. The zero-order valence-corrected chi connectivity index (χ0v) is 12.5. The van der Waals surface area contributed by atoms with E-state index in [2.05, 4.69) is 70.1 Å². The van der Waals surface area contributed by atoms with Crippen molar-refractivity contribution in [3.8, 4) is 0 Å². The van der Waals surface area contributed by atoms with Gasteiger partial charge in [0, 0.05) is 29.4 Å². The van der Waals surface area contributed by atoms with Crippen LogP contribution in [0.15, 0.2) is 34.2 Å². The number of thiophene rings is 1. The van der Waals surface area contributed by atoms with E-state index in [9.17, 15) is 0 Å². The lowest BCUT2D eigenvalue weighted by molar-refractivity contribution is 0.565. The Labute approximate surface area is 115 Å². The highest BCUT2D eigenvalue weighted by Gasteiger charge is 2.04. The number of nitrogens with zero attached hydrogens (tertiary/aromatic N) is 1. The van der Waals surface area contributed by atoms with Crippen molar-refractivity contribution in [1.82, 2.24) is 9.88 Å². The molecule has 2 aromatic heterocycles. The van der Waals surface area contributed by atoms with Crippen molar-refractivity contribution < 1.29 is 0 Å². The molecule has 0 spiro atoms. The quantitative estimate of drug-likeness (QED) is 0.887. The van der Waals surface area contributed by atoms with E-state index in [0.717, 1.165) is 13.1 Å². The smallest absolute Gasteiger partial charge is 0.0702 e. The van der Waals surface area contributed by atoms with Gasteiger partial charge in [-0.25, -0.2) is 0 Å². The largest absolute Gasteiger partial charge is 0.345 e. The maximum Gasteiger partial charge on any atom is 0.0702 e. The lowest BCUT2D eigenvalue weighted by Crippen LogP contribution is -2.23. The summed E-state index contributed by atoms with van der Waals surface area (Å²) in [6, 6.07) is 9.09. The molecule has 2 rings (SSSR count). The summed E-state index contributed by atoms with van der Waals surface area (Å²) in [5, 5.41) is 3.45. The van der Waals surface area contributed by atoms with Gasteiger partial charge >= 0.3 is 0 Å². The van der Waals surface area contributed by atoms with Crippen LogP contribution in [0.4, 0.5) is 0 Å². The molecule has 1 N–H and O–H groups in total. The summed E-state index contributed by atoms with van der Waals surface area (Å²) in [5.41, 5.74) is 1.34. The first kappa shape index (κ1) is 12.9. The van der Waals surface area contributed by atoms with Gasteiger partial charge in [-0.1, -0.05) is 13.8 Å². The fourth-order valence-corrected chi connectivity index (χ4v) is 3.16. The van der Waals surface area contributed by atoms with Gasteiger partial charge in [-0.3, -0.25) is 0 Å². The molecule has 92 valence electrons. The molecule has 4 heteroatoms. The molecule has 2 heterocycles. The third-order valence-corrected chi connectivity index (χ3v) is 4.18. The average molecular weight is 313 g/mol. The second-order valence-electron chi connectivity index (χ2n) is 4.37. The summed E-state index contributed by atoms with van der Waals surface area (Å²) in [7, 11) is 0. The minimum Gasteiger partial charge on any atom is -0.345 e. The van der Waals surface area contributed by atoms with Gasteiger partial charge in [0.1, 0.15) is 0 Å². The molecule has 0 aliphatic rings. The number of halogens is 1. The highest BCUT2D eigenvalue weighted by molar-refractivity contribution is 9.11. The molecule has 0 unspecified atom stereocenters. The summed E-state index contributed by atoms with van der Waals surface area (Å²) in [4.78, 5) is 1.37. The van der Waals surface area contributed by atoms with E-state index in [1.807, 2.05) is 0 Å². The summed E-state index contributed by atoms with van der Waals surface area (Å²) < 4.78 is 3.50. The number of hydrogen-bond acceptors (Lipinski definition) is 2. The normalized spacial score (nSPS) is 11.3. The van der Waals surface area contributed by atoms with E-state index in [4.69, 9.17) is 0 Å². The van der Waals surface area contributed by atoms with Crippen molar-refractivity contribution in [3.05, 3.63) is 44.8 Å². The van der Waals surface area contributed by atoms with Gasteiger partial charge in [0.2, 0.25) is 0 Å². The second kappa shape index (κ2) is 5.85. The van der Waals surface area contributed by atoms with E-state index >= 15 is 0 Å². The van der Waals surface area contributed by atoms with Gasteiger partial charge in [-0.2, -0.15) is 0 Å². The van der Waals surface area contributed by atoms with E-state index in [0.29, 0.717) is 6.04 Å². The molecule has 0 bridgehead atoms. The van der Waals surface area contributed by atoms with Crippen LogP contribution in [0, 0.1) is 0 Å². The molecule has 0 saturated carbocycles. The lowest BCUT2D eigenvalue weighted by atomic mass is 10.3. The molecule has 0 radical (unpaired) electrons. The van der Waals surface area contributed by atoms with E-state index in [-0.39, 0.29) is 0 Å². The molecule has 0 aliphatic heterocycles. The van der Waals surface area contributed by atoms with Crippen LogP contribution in [0.1, 0.15) is 24.4 Å². The molecule has 17 heavy (non-hydrogen) atoms. The first-order valence-corrected chi connectivity index (χ1v) is 7.37. The van der Waals surface area contributed by atoms with Crippen LogP contribution in [0.3, 0.4) is 0 Å². The third kappa shape index (κ3) is 3.69. The van der Waals surface area contributed by atoms with Gasteiger partial charge in [0.15, 0.2) is 0 Å². The Hall–Kier alpha value is -0.580. The molecule has 0 aliphatic carbocycles. The Bertz CT molecular complexity index is 473. The molecule has 0 fully saturated rings. The summed E-state index contributed by atoms with van der Waals surface area (Å²) in [6.45, 7) is 6.23. The number of nitrogens with one attached hydrogen (secondary N) is 1. The first-order valence-electron chi connectivity index (χ1n) is 5.77. The SMILES string of the molecule is CC(C)NCc1cccn1Cc1ccc(Br)s1. The number of rotatable bonds is 5. The molecule has 0 saturated heterocycles. The minimum absolute atomic E-state index is 0.522. The summed E-state index contributed by atoms with van der Waals surface area (Å²) in [5.74, 6) is 0. The van der Waals surface area contributed by atoms with Crippen molar-refractivity contribution >= 4 is 27.3 Å². The number of hydrogen-bond donors (Lipinski definition) is 1. The van der Waals surface area contributed by atoms with E-state index < -0.39 is 0 Å². The maximum atomic E-state index is 3.50. The van der Waals surface area contributed by atoms with Crippen molar-refractivity contribution in [2.45, 2.75) is 33.0 Å². The van der Waals surface area contributed by atoms with Gasteiger partial charge in [0.25, 0.3) is 0 Å². The van der Waals surface area contributed by atoms with Crippen LogP contribution < -0.4 is 5.32 Å². The minimum atomic E-state index is 0.522. The summed E-state index contributed by atoms with van der Waals surface area (Å²) in [6.07, 6.45) is 2.14. The Balaban J connectivity index is 2.03. The standard InChI is InChI=1S/C13H17BrN2S/c1-10(2)15-8-11-4-3-7-16(11)9-12-5-6-13(14)17-12/h3-7,10,15H,8-9H2,1-2H3. The Morgan fingerprint density at radius 3 is 2.82 bits per heavy atom. The van der Waals surface area contributed by atoms with Crippen LogP contribution in [-0.2, 0) is 13.1 Å². The van der Waals surface area contributed by atoms with Gasteiger partial charge in [0.05, 0.1) is 10.3 Å². The molecule has 0 aromatic carbocycles. The van der Waals surface area contributed by atoms with E-state index in [1.165, 1.54) is 14.4 Å². The topological polar surface area (TPSA) is 17.0 Å². The molecule has 0 amide bonds. The van der Waals surface area contributed by atoms with Crippen LogP contribution in [0.5, 0.6) is 0 Å². The Kier molecular flexibility index (Phi) is 4.42. The Morgan fingerprint density at radius 2 is 2.18 bits per heavy atom. The first-order chi connectivity index (χ1) is 8.15. The van der Waals surface area contributed by atoms with Gasteiger partial charge in [-0.15, -0.1) is 11.3 Å². The fourth-order valence-electron chi connectivity index (χ4n) is 1.68. The van der Waals surface area contributed by atoms with Crippen molar-refractivity contribution in [3.63, 3.8) is 0 Å². The zero-order valence-electron chi connectivity index (χ0n) is 10.1. The van der Waals surface area contributed by atoms with Crippen LogP contribution in [-0.4, -0.2) is 10.6 Å². The highest BCUT2D eigenvalue weighted by Crippen LogP contribution is 2.23. The predicted molar refractivity (Wildman–Crippen MR) is 77.5 cm³/mol. The van der Waals surface area contributed by atoms with Crippen molar-refractivity contribution in [2.24, 2.45) is 0 Å². The molecule has 2 nitrogen and oxygen atoms in total. The van der Waals surface area contributed by atoms with Gasteiger partial charge in [-0.05, 0) is 40.2 Å². The number of aromatic nitrogens is 1. The fraction of sp³-hybridized carbons (Fsp3) is 0.385. The van der Waals surface area contributed by atoms with Gasteiger partial charge < -0.3 is 9.88 Å². The third-order valence-electron chi connectivity index (χ3n) is 2.57. The molecular formula is C13H17BrN2S. The van der Waals surface area contributed by atoms with E-state index in [1.54, 1.807) is 11.3 Å². The average Bonchev–Trinajstić information content (AvgIpc) is 2.86. The predicted octanol–water partition coefficient (Wildman–Crippen LogP) is 3.86. The zero-order chi connectivity index (χ0) is 12.3. The Morgan fingerprint density at radius 1 is 1.35 bits per heavy atom. The monoisotopic (exact) mass is 312 g/mol. The lowest BCUT2D eigenvalue weighted by Gasteiger charge is -2.11. The molecule has 0 atom stereocenters.